The molecule has 5 rings (SSSR count). The van der Waals surface area contributed by atoms with Crippen LogP contribution in [0.3, 0.4) is 0 Å². The van der Waals surface area contributed by atoms with Gasteiger partial charge >= 0.3 is 5.97 Å². The molecule has 0 saturated carbocycles. The first-order valence-electron chi connectivity index (χ1n) is 13.3. The summed E-state index contributed by atoms with van der Waals surface area (Å²) < 4.78 is 15.2. The fourth-order valence-corrected chi connectivity index (χ4v) is 6.43. The third-order valence-corrected chi connectivity index (χ3v) is 8.72. The summed E-state index contributed by atoms with van der Waals surface area (Å²) in [5, 5.41) is 0.944. The summed E-state index contributed by atoms with van der Waals surface area (Å²) in [7, 11) is 0. The standard InChI is InChI=1S/C32H29Cl2N3O4S/c1-6-14-41-24-11-8-21(9-12-24)29-28(31(39)40-7-2)19(4)35-32-37(29)30(38)27(42-32)16-22-15-18(3)36(20(22)5)23-10-13-25(33)26(34)17-23/h6,8-13,15-17,29H,1,7,14H2,2-5H3/b27-16-/t29-/m1/s1. The lowest BCUT2D eigenvalue weighted by Gasteiger charge is -2.24. The molecule has 42 heavy (non-hydrogen) atoms. The van der Waals surface area contributed by atoms with Crippen molar-refractivity contribution in [3.63, 3.8) is 0 Å². The normalized spacial score (nSPS) is 14.9. The molecule has 4 aromatic rings. The fourth-order valence-electron chi connectivity index (χ4n) is 5.10. The molecule has 2 aromatic carbocycles. The lowest BCUT2D eigenvalue weighted by Crippen LogP contribution is -2.39. The highest BCUT2D eigenvalue weighted by atomic mass is 35.5. The molecular weight excluding hydrogens is 593 g/mol. The Morgan fingerprint density at radius 2 is 1.83 bits per heavy atom. The van der Waals surface area contributed by atoms with E-state index in [2.05, 4.69) is 16.1 Å². The van der Waals surface area contributed by atoms with Gasteiger partial charge in [-0.15, -0.1) is 0 Å². The summed E-state index contributed by atoms with van der Waals surface area (Å²) in [6, 6.07) is 14.1. The van der Waals surface area contributed by atoms with Gasteiger partial charge < -0.3 is 14.0 Å². The number of allylic oxidation sites excluding steroid dienone is 1. The number of aryl methyl sites for hydroxylation is 1. The minimum Gasteiger partial charge on any atom is -0.490 e. The number of nitrogens with zero attached hydrogens (tertiary/aromatic N) is 3. The number of hydrogen-bond acceptors (Lipinski definition) is 6. The summed E-state index contributed by atoms with van der Waals surface area (Å²) >= 11 is 13.7. The molecule has 0 aliphatic carbocycles. The highest BCUT2D eigenvalue weighted by molar-refractivity contribution is 7.07. The van der Waals surface area contributed by atoms with Crippen LogP contribution in [0.5, 0.6) is 5.75 Å². The number of aromatic nitrogens is 2. The Balaban J connectivity index is 1.65. The van der Waals surface area contributed by atoms with Crippen LogP contribution in [0, 0.1) is 13.8 Å². The Kier molecular flexibility index (Phi) is 8.59. The summed E-state index contributed by atoms with van der Waals surface area (Å²) in [6.45, 7) is 11.7. The highest BCUT2D eigenvalue weighted by Gasteiger charge is 2.33. The van der Waals surface area contributed by atoms with Crippen LogP contribution in [0.25, 0.3) is 11.8 Å². The van der Waals surface area contributed by atoms with Crippen LogP contribution in [0.15, 0.2) is 82.2 Å². The van der Waals surface area contributed by atoms with Crippen molar-refractivity contribution in [3.8, 4) is 11.4 Å². The number of ether oxygens (including phenoxy) is 2. The van der Waals surface area contributed by atoms with E-state index in [0.717, 1.165) is 28.2 Å². The highest BCUT2D eigenvalue weighted by Crippen LogP contribution is 2.32. The van der Waals surface area contributed by atoms with Crippen LogP contribution in [-0.2, 0) is 9.53 Å². The topological polar surface area (TPSA) is 74.8 Å². The van der Waals surface area contributed by atoms with Crippen LogP contribution in [-0.4, -0.2) is 28.3 Å². The summed E-state index contributed by atoms with van der Waals surface area (Å²) in [6.07, 6.45) is 3.53. The Morgan fingerprint density at radius 1 is 1.10 bits per heavy atom. The Morgan fingerprint density at radius 3 is 2.50 bits per heavy atom. The van der Waals surface area contributed by atoms with Crippen molar-refractivity contribution >= 4 is 46.6 Å². The molecule has 3 heterocycles. The monoisotopic (exact) mass is 621 g/mol. The van der Waals surface area contributed by atoms with Gasteiger partial charge in [0.05, 0.1) is 38.5 Å². The molecule has 0 saturated heterocycles. The van der Waals surface area contributed by atoms with Crippen molar-refractivity contribution in [3.05, 3.63) is 125 Å². The molecule has 0 N–H and O–H groups in total. The van der Waals surface area contributed by atoms with Crippen molar-refractivity contribution in [1.82, 2.24) is 9.13 Å². The number of halogens is 2. The third-order valence-electron chi connectivity index (χ3n) is 7.00. The Bertz CT molecular complexity index is 1920. The van der Waals surface area contributed by atoms with Crippen molar-refractivity contribution in [2.45, 2.75) is 33.7 Å². The Hall–Kier alpha value is -3.85. The van der Waals surface area contributed by atoms with Gasteiger partial charge in [0.1, 0.15) is 12.4 Å². The number of benzene rings is 2. The van der Waals surface area contributed by atoms with Gasteiger partial charge in [-0.25, -0.2) is 9.79 Å². The lowest BCUT2D eigenvalue weighted by atomic mass is 9.96. The molecular formula is C32H29Cl2N3O4S. The zero-order chi connectivity index (χ0) is 30.1. The second-order valence-electron chi connectivity index (χ2n) is 9.73. The number of fused-ring (bicyclic) bond motifs is 1. The van der Waals surface area contributed by atoms with Crippen LogP contribution in [0.2, 0.25) is 10.0 Å². The molecule has 0 radical (unpaired) electrons. The zero-order valence-corrected chi connectivity index (χ0v) is 25.9. The number of rotatable bonds is 8. The molecule has 1 aliphatic heterocycles. The van der Waals surface area contributed by atoms with E-state index in [0.29, 0.717) is 43.0 Å². The lowest BCUT2D eigenvalue weighted by molar-refractivity contribution is -0.139. The third kappa shape index (κ3) is 5.50. The predicted octanol–water partition coefficient (Wildman–Crippen LogP) is 6.08. The number of esters is 1. The maximum atomic E-state index is 14.0. The summed E-state index contributed by atoms with van der Waals surface area (Å²) in [5.74, 6) is 0.150. The number of carbonyl (C=O) groups excluding carboxylic acids is 1. The Labute approximate surface area is 257 Å². The second-order valence-corrected chi connectivity index (χ2v) is 11.6. The molecule has 1 atom stereocenters. The van der Waals surface area contributed by atoms with Gasteiger partial charge in [0.15, 0.2) is 4.80 Å². The number of thiazole rings is 1. The van der Waals surface area contributed by atoms with Crippen LogP contribution >= 0.6 is 34.5 Å². The van der Waals surface area contributed by atoms with Crippen LogP contribution < -0.4 is 19.6 Å². The fraction of sp³-hybridized carbons (Fsp3) is 0.219. The van der Waals surface area contributed by atoms with Gasteiger partial charge in [0.25, 0.3) is 5.56 Å². The van der Waals surface area contributed by atoms with Gasteiger partial charge in [-0.3, -0.25) is 9.36 Å². The van der Waals surface area contributed by atoms with E-state index < -0.39 is 12.0 Å². The molecule has 0 unspecified atom stereocenters. The molecule has 0 fully saturated rings. The quantitative estimate of drug-likeness (QED) is 0.177. The molecule has 2 aromatic heterocycles. The van der Waals surface area contributed by atoms with Gasteiger partial charge in [0.2, 0.25) is 0 Å². The first-order valence-corrected chi connectivity index (χ1v) is 14.9. The minimum absolute atomic E-state index is 0.204. The van der Waals surface area contributed by atoms with Crippen molar-refractivity contribution in [1.29, 1.82) is 0 Å². The van der Waals surface area contributed by atoms with Gasteiger partial charge in [-0.05, 0) is 81.3 Å². The van der Waals surface area contributed by atoms with E-state index in [1.807, 2.05) is 62.4 Å². The second kappa shape index (κ2) is 12.2. The molecule has 0 bridgehead atoms. The summed E-state index contributed by atoms with van der Waals surface area (Å²) in [4.78, 5) is 32.4. The average Bonchev–Trinajstić information content (AvgIpc) is 3.42. The van der Waals surface area contributed by atoms with E-state index in [-0.39, 0.29) is 12.2 Å². The predicted molar refractivity (Wildman–Crippen MR) is 168 cm³/mol. The molecule has 10 heteroatoms. The molecule has 7 nitrogen and oxygen atoms in total. The SMILES string of the molecule is C=CCOc1ccc([C@@H]2C(C(=O)OCC)=C(C)N=c3s/c(=C\c4cc(C)n(-c5ccc(Cl)c(Cl)c5)c4C)c(=O)n32)cc1. The molecule has 0 spiro atoms. The van der Waals surface area contributed by atoms with E-state index in [1.165, 1.54) is 11.3 Å². The smallest absolute Gasteiger partial charge is 0.338 e. The van der Waals surface area contributed by atoms with E-state index in [9.17, 15) is 9.59 Å². The maximum Gasteiger partial charge on any atom is 0.338 e. The van der Waals surface area contributed by atoms with E-state index >= 15 is 0 Å². The summed E-state index contributed by atoms with van der Waals surface area (Å²) in [5.41, 5.74) is 4.99. The number of hydrogen-bond donors (Lipinski definition) is 0. The zero-order valence-electron chi connectivity index (χ0n) is 23.6. The maximum absolute atomic E-state index is 14.0. The minimum atomic E-state index is -0.709. The molecule has 0 amide bonds. The van der Waals surface area contributed by atoms with E-state index in [1.54, 1.807) is 30.6 Å². The van der Waals surface area contributed by atoms with Gasteiger partial charge in [-0.1, -0.05) is 59.3 Å². The van der Waals surface area contributed by atoms with Gasteiger partial charge in [0, 0.05) is 17.1 Å². The number of carbonyl (C=O) groups is 1. The van der Waals surface area contributed by atoms with Crippen molar-refractivity contribution < 1.29 is 14.3 Å². The molecule has 216 valence electrons. The van der Waals surface area contributed by atoms with Gasteiger partial charge in [-0.2, -0.15) is 0 Å². The van der Waals surface area contributed by atoms with Crippen molar-refractivity contribution in [2.24, 2.45) is 4.99 Å². The van der Waals surface area contributed by atoms with Crippen LogP contribution in [0.1, 0.15) is 42.4 Å². The first-order chi connectivity index (χ1) is 20.1. The largest absolute Gasteiger partial charge is 0.490 e. The molecule has 1 aliphatic rings. The first kappa shape index (κ1) is 29.6. The van der Waals surface area contributed by atoms with Crippen molar-refractivity contribution in [2.75, 3.05) is 13.2 Å². The van der Waals surface area contributed by atoms with Crippen LogP contribution in [0.4, 0.5) is 0 Å². The van der Waals surface area contributed by atoms with E-state index in [4.69, 9.17) is 32.7 Å². The average molecular weight is 623 g/mol.